The van der Waals surface area contributed by atoms with Crippen LogP contribution >= 0.6 is 0 Å². The maximum Gasteiger partial charge on any atom is 0.161 e. The second-order valence-corrected chi connectivity index (χ2v) is 4.81. The van der Waals surface area contributed by atoms with Gasteiger partial charge >= 0.3 is 0 Å². The standard InChI is InChI=1S/C16H26O3/c1-4-6-7-10-19-16-12-13(11-14(17)5-2)8-9-15(16)18-3/h8-9,12,14,17H,4-7,10-11H2,1-3H3. The number of hydrogen-bond donors (Lipinski definition) is 1. The summed E-state index contributed by atoms with van der Waals surface area (Å²) >= 11 is 0. The Kier molecular flexibility index (Phi) is 7.34. The summed E-state index contributed by atoms with van der Waals surface area (Å²) in [5, 5.41) is 9.70. The summed E-state index contributed by atoms with van der Waals surface area (Å²) < 4.78 is 11.1. The van der Waals surface area contributed by atoms with E-state index in [1.807, 2.05) is 25.1 Å². The van der Waals surface area contributed by atoms with E-state index in [9.17, 15) is 5.11 Å². The molecule has 0 heterocycles. The topological polar surface area (TPSA) is 38.7 Å². The molecule has 1 aromatic rings. The third-order valence-electron chi connectivity index (χ3n) is 3.18. The molecule has 0 radical (unpaired) electrons. The molecule has 19 heavy (non-hydrogen) atoms. The molecule has 0 aliphatic heterocycles. The van der Waals surface area contributed by atoms with Crippen molar-refractivity contribution >= 4 is 0 Å². The van der Waals surface area contributed by atoms with Gasteiger partial charge in [0.15, 0.2) is 11.5 Å². The number of rotatable bonds is 9. The van der Waals surface area contributed by atoms with Crippen LogP contribution < -0.4 is 9.47 Å². The van der Waals surface area contributed by atoms with Crippen molar-refractivity contribution in [2.75, 3.05) is 13.7 Å². The second-order valence-electron chi connectivity index (χ2n) is 4.81. The fourth-order valence-corrected chi connectivity index (χ4v) is 1.91. The van der Waals surface area contributed by atoms with E-state index in [2.05, 4.69) is 6.92 Å². The number of aliphatic hydroxyl groups excluding tert-OH is 1. The Bertz CT molecular complexity index is 363. The Labute approximate surface area is 116 Å². The minimum absolute atomic E-state index is 0.290. The molecule has 1 unspecified atom stereocenters. The van der Waals surface area contributed by atoms with Crippen molar-refractivity contribution in [1.82, 2.24) is 0 Å². The molecule has 0 spiro atoms. The number of unbranched alkanes of at least 4 members (excludes halogenated alkanes) is 2. The maximum absolute atomic E-state index is 9.70. The van der Waals surface area contributed by atoms with Crippen molar-refractivity contribution < 1.29 is 14.6 Å². The molecule has 1 N–H and O–H groups in total. The number of hydrogen-bond acceptors (Lipinski definition) is 3. The average Bonchev–Trinajstić information content (AvgIpc) is 2.43. The normalized spacial score (nSPS) is 12.2. The van der Waals surface area contributed by atoms with Crippen LogP contribution in [0.2, 0.25) is 0 Å². The third kappa shape index (κ3) is 5.52. The number of aliphatic hydroxyl groups is 1. The summed E-state index contributed by atoms with van der Waals surface area (Å²) in [4.78, 5) is 0. The van der Waals surface area contributed by atoms with E-state index in [0.717, 1.165) is 29.9 Å². The average molecular weight is 266 g/mol. The summed E-state index contributed by atoms with van der Waals surface area (Å²) in [5.74, 6) is 1.53. The van der Waals surface area contributed by atoms with Gasteiger partial charge in [0, 0.05) is 0 Å². The molecule has 0 bridgehead atoms. The fourth-order valence-electron chi connectivity index (χ4n) is 1.91. The second kappa shape index (κ2) is 8.81. The predicted octanol–water partition coefficient (Wildman–Crippen LogP) is 3.58. The lowest BCUT2D eigenvalue weighted by Gasteiger charge is -2.13. The molecule has 0 saturated carbocycles. The summed E-state index contributed by atoms with van der Waals surface area (Å²) in [5.41, 5.74) is 1.08. The van der Waals surface area contributed by atoms with Crippen LogP contribution in [0.1, 0.15) is 45.1 Å². The highest BCUT2D eigenvalue weighted by atomic mass is 16.5. The molecular weight excluding hydrogens is 240 g/mol. The van der Waals surface area contributed by atoms with Crippen molar-refractivity contribution in [3.63, 3.8) is 0 Å². The van der Waals surface area contributed by atoms with Crippen LogP contribution in [0.5, 0.6) is 11.5 Å². The van der Waals surface area contributed by atoms with Gasteiger partial charge in [-0.1, -0.05) is 32.8 Å². The SMILES string of the molecule is CCCCCOc1cc(CC(O)CC)ccc1OC. The highest BCUT2D eigenvalue weighted by Gasteiger charge is 2.08. The zero-order chi connectivity index (χ0) is 14.1. The molecule has 0 saturated heterocycles. The lowest BCUT2D eigenvalue weighted by Crippen LogP contribution is -2.08. The third-order valence-corrected chi connectivity index (χ3v) is 3.18. The minimum Gasteiger partial charge on any atom is -0.493 e. The Morgan fingerprint density at radius 1 is 1.16 bits per heavy atom. The molecule has 0 aliphatic carbocycles. The van der Waals surface area contributed by atoms with Crippen molar-refractivity contribution in [3.8, 4) is 11.5 Å². The van der Waals surface area contributed by atoms with Crippen LogP contribution in [0.3, 0.4) is 0 Å². The molecule has 3 nitrogen and oxygen atoms in total. The summed E-state index contributed by atoms with van der Waals surface area (Å²) in [6, 6.07) is 5.87. The Morgan fingerprint density at radius 3 is 2.58 bits per heavy atom. The van der Waals surface area contributed by atoms with Crippen LogP contribution in [0, 0.1) is 0 Å². The Balaban J connectivity index is 2.66. The first-order valence-corrected chi connectivity index (χ1v) is 7.19. The van der Waals surface area contributed by atoms with E-state index >= 15 is 0 Å². The van der Waals surface area contributed by atoms with E-state index < -0.39 is 0 Å². The van der Waals surface area contributed by atoms with Crippen molar-refractivity contribution in [3.05, 3.63) is 23.8 Å². The van der Waals surface area contributed by atoms with Crippen molar-refractivity contribution in [1.29, 1.82) is 0 Å². The minimum atomic E-state index is -0.290. The van der Waals surface area contributed by atoms with E-state index in [1.54, 1.807) is 7.11 Å². The number of ether oxygens (including phenoxy) is 2. The number of benzene rings is 1. The molecule has 0 amide bonds. The van der Waals surface area contributed by atoms with E-state index in [1.165, 1.54) is 12.8 Å². The molecule has 3 heteroatoms. The zero-order valence-corrected chi connectivity index (χ0v) is 12.3. The van der Waals surface area contributed by atoms with Crippen LogP contribution in [0.15, 0.2) is 18.2 Å². The lowest BCUT2D eigenvalue weighted by atomic mass is 10.1. The molecular formula is C16H26O3. The molecule has 108 valence electrons. The first kappa shape index (κ1) is 15.8. The monoisotopic (exact) mass is 266 g/mol. The molecule has 1 aromatic carbocycles. The molecule has 0 aromatic heterocycles. The predicted molar refractivity (Wildman–Crippen MR) is 78.0 cm³/mol. The van der Waals surface area contributed by atoms with Gasteiger partial charge in [0.05, 0.1) is 19.8 Å². The highest BCUT2D eigenvalue weighted by Crippen LogP contribution is 2.29. The smallest absolute Gasteiger partial charge is 0.161 e. The van der Waals surface area contributed by atoms with Gasteiger partial charge in [-0.3, -0.25) is 0 Å². The van der Waals surface area contributed by atoms with Gasteiger partial charge in [-0.2, -0.15) is 0 Å². The quantitative estimate of drug-likeness (QED) is 0.694. The molecule has 1 rings (SSSR count). The van der Waals surface area contributed by atoms with Crippen molar-refractivity contribution in [2.24, 2.45) is 0 Å². The van der Waals surface area contributed by atoms with Gasteiger partial charge in [0.25, 0.3) is 0 Å². The largest absolute Gasteiger partial charge is 0.493 e. The van der Waals surface area contributed by atoms with Gasteiger partial charge in [-0.25, -0.2) is 0 Å². The first-order valence-electron chi connectivity index (χ1n) is 7.19. The first-order chi connectivity index (χ1) is 9.21. The molecule has 1 atom stereocenters. The van der Waals surface area contributed by atoms with Crippen LogP contribution in [-0.4, -0.2) is 24.9 Å². The van der Waals surface area contributed by atoms with Gasteiger partial charge in [-0.05, 0) is 37.0 Å². The van der Waals surface area contributed by atoms with Gasteiger partial charge in [0.1, 0.15) is 0 Å². The van der Waals surface area contributed by atoms with Gasteiger partial charge in [-0.15, -0.1) is 0 Å². The van der Waals surface area contributed by atoms with Gasteiger partial charge < -0.3 is 14.6 Å². The van der Waals surface area contributed by atoms with E-state index in [4.69, 9.17) is 9.47 Å². The summed E-state index contributed by atoms with van der Waals surface area (Å²) in [7, 11) is 1.65. The molecule has 0 fully saturated rings. The Hall–Kier alpha value is -1.22. The summed E-state index contributed by atoms with van der Waals surface area (Å²) in [6.45, 7) is 4.87. The maximum atomic E-state index is 9.70. The number of methoxy groups -OCH3 is 1. The highest BCUT2D eigenvalue weighted by molar-refractivity contribution is 5.43. The fraction of sp³-hybridized carbons (Fsp3) is 0.625. The zero-order valence-electron chi connectivity index (χ0n) is 12.3. The van der Waals surface area contributed by atoms with Crippen LogP contribution in [-0.2, 0) is 6.42 Å². The van der Waals surface area contributed by atoms with E-state index in [-0.39, 0.29) is 6.10 Å². The summed E-state index contributed by atoms with van der Waals surface area (Å²) in [6.07, 6.45) is 4.55. The molecule has 0 aliphatic rings. The van der Waals surface area contributed by atoms with E-state index in [0.29, 0.717) is 13.0 Å². The van der Waals surface area contributed by atoms with Crippen molar-refractivity contribution in [2.45, 2.75) is 52.1 Å². The van der Waals surface area contributed by atoms with Crippen LogP contribution in [0.25, 0.3) is 0 Å². The lowest BCUT2D eigenvalue weighted by molar-refractivity contribution is 0.170. The Morgan fingerprint density at radius 2 is 1.95 bits per heavy atom. The van der Waals surface area contributed by atoms with Gasteiger partial charge in [0.2, 0.25) is 0 Å². The van der Waals surface area contributed by atoms with Crippen LogP contribution in [0.4, 0.5) is 0 Å².